The highest BCUT2D eigenvalue weighted by Gasteiger charge is 2.48. The van der Waals surface area contributed by atoms with Crippen LogP contribution in [0, 0.1) is 0 Å². The van der Waals surface area contributed by atoms with Crippen molar-refractivity contribution in [3.63, 3.8) is 0 Å². The van der Waals surface area contributed by atoms with E-state index < -0.39 is 65.6 Å². The number of alkyl halides is 6. The third-order valence-corrected chi connectivity index (χ3v) is 2.59. The van der Waals surface area contributed by atoms with Gasteiger partial charge in [0, 0.05) is 0 Å². The fourth-order valence-electron chi connectivity index (χ4n) is 1.71. The van der Waals surface area contributed by atoms with Crippen LogP contribution in [0.1, 0.15) is 46.1 Å². The molecule has 0 saturated heterocycles. The Balaban J connectivity index is 3.95. The highest BCUT2D eigenvalue weighted by atomic mass is 19.4. The van der Waals surface area contributed by atoms with E-state index in [-0.39, 0.29) is 0 Å². The molecule has 25 heavy (non-hydrogen) atoms. The summed E-state index contributed by atoms with van der Waals surface area (Å²) in [5, 5.41) is 0. The largest absolute Gasteiger partial charge is 0.462 e. The van der Waals surface area contributed by atoms with Gasteiger partial charge in [0.15, 0.2) is 11.1 Å². The summed E-state index contributed by atoms with van der Waals surface area (Å²) in [4.78, 5) is 35.3. The Kier molecular flexibility index (Phi) is 5.87. The molecule has 0 unspecified atom stereocenters. The summed E-state index contributed by atoms with van der Waals surface area (Å²) in [7, 11) is 0. The van der Waals surface area contributed by atoms with Crippen molar-refractivity contribution < 1.29 is 49.8 Å². The van der Waals surface area contributed by atoms with Crippen LogP contribution in [0.4, 0.5) is 26.3 Å². The zero-order valence-electron chi connectivity index (χ0n) is 12.6. The molecule has 0 atom stereocenters. The van der Waals surface area contributed by atoms with E-state index in [9.17, 15) is 40.7 Å². The van der Waals surface area contributed by atoms with Gasteiger partial charge in [-0.2, -0.15) is 26.3 Å². The van der Waals surface area contributed by atoms with Gasteiger partial charge in [-0.1, -0.05) is 0 Å². The summed E-state index contributed by atoms with van der Waals surface area (Å²) in [6.07, 6.45) is -11.3. The van der Waals surface area contributed by atoms with Crippen molar-refractivity contribution in [3.8, 4) is 0 Å². The molecule has 1 rings (SSSR count). The Labute approximate surface area is 135 Å². The maximum Gasteiger partial charge on any atom is 0.450 e. The maximum absolute atomic E-state index is 13.0. The van der Waals surface area contributed by atoms with E-state index in [0.717, 1.165) is 0 Å². The van der Waals surface area contributed by atoms with Crippen LogP contribution in [0.15, 0.2) is 9.21 Å². The number of carbonyl (C=O) groups is 2. The van der Waals surface area contributed by atoms with Gasteiger partial charge < -0.3 is 13.9 Å². The summed E-state index contributed by atoms with van der Waals surface area (Å²) in [6.45, 7) is 1.41. The van der Waals surface area contributed by atoms with E-state index in [2.05, 4.69) is 13.9 Å². The van der Waals surface area contributed by atoms with Crippen molar-refractivity contribution >= 4 is 11.9 Å². The topological polar surface area (TPSA) is 82.8 Å². The van der Waals surface area contributed by atoms with E-state index >= 15 is 0 Å². The first kappa shape index (κ1) is 20.5. The molecule has 0 spiro atoms. The molecule has 6 nitrogen and oxygen atoms in total. The van der Waals surface area contributed by atoms with Crippen LogP contribution in [0.5, 0.6) is 0 Å². The van der Waals surface area contributed by atoms with E-state index in [4.69, 9.17) is 0 Å². The summed E-state index contributed by atoms with van der Waals surface area (Å²) >= 11 is 0. The molecular formula is C13H10F6O6. The third kappa shape index (κ3) is 4.31. The van der Waals surface area contributed by atoms with Crippen LogP contribution in [0.25, 0.3) is 0 Å². The summed E-state index contributed by atoms with van der Waals surface area (Å²) in [5.74, 6) is -8.81. The second-order valence-corrected chi connectivity index (χ2v) is 4.28. The van der Waals surface area contributed by atoms with Gasteiger partial charge in [-0.15, -0.1) is 0 Å². The molecule has 1 aromatic heterocycles. The average molecular weight is 376 g/mol. The van der Waals surface area contributed by atoms with Crippen molar-refractivity contribution in [2.24, 2.45) is 0 Å². The molecule has 0 N–H and O–H groups in total. The lowest BCUT2D eigenvalue weighted by Crippen LogP contribution is -2.32. The lowest BCUT2D eigenvalue weighted by Gasteiger charge is -2.16. The Morgan fingerprint density at radius 2 is 1.16 bits per heavy atom. The van der Waals surface area contributed by atoms with E-state index in [1.165, 1.54) is 13.8 Å². The SMILES string of the molecule is CCOC(=O)c1c(C(F)(F)F)oc(C(F)(F)F)c(C(=O)OCC)c1=O. The molecule has 1 aromatic rings. The Morgan fingerprint density at radius 1 is 0.840 bits per heavy atom. The summed E-state index contributed by atoms with van der Waals surface area (Å²) in [5.41, 5.74) is -5.89. The Morgan fingerprint density at radius 3 is 1.40 bits per heavy atom. The Hall–Kier alpha value is -2.53. The summed E-state index contributed by atoms with van der Waals surface area (Å²) in [6, 6.07) is 0. The lowest BCUT2D eigenvalue weighted by atomic mass is 10.1. The molecule has 12 heteroatoms. The minimum atomic E-state index is -5.63. The molecular weight excluding hydrogens is 366 g/mol. The first-order valence-corrected chi connectivity index (χ1v) is 6.55. The number of hydrogen-bond acceptors (Lipinski definition) is 6. The first-order chi connectivity index (χ1) is 11.4. The van der Waals surface area contributed by atoms with Gasteiger partial charge in [-0.05, 0) is 13.8 Å². The number of ether oxygens (including phenoxy) is 2. The zero-order chi connectivity index (χ0) is 19.6. The van der Waals surface area contributed by atoms with E-state index in [1.54, 1.807) is 0 Å². The number of hydrogen-bond donors (Lipinski definition) is 0. The minimum Gasteiger partial charge on any atom is -0.462 e. The van der Waals surface area contributed by atoms with Crippen molar-refractivity contribution in [2.45, 2.75) is 26.2 Å². The van der Waals surface area contributed by atoms with Gasteiger partial charge in [0.25, 0.3) is 0 Å². The van der Waals surface area contributed by atoms with E-state index in [1.807, 2.05) is 0 Å². The third-order valence-electron chi connectivity index (χ3n) is 2.59. The average Bonchev–Trinajstić information content (AvgIpc) is 2.44. The molecule has 0 aliphatic heterocycles. The van der Waals surface area contributed by atoms with Gasteiger partial charge in [0.1, 0.15) is 0 Å². The smallest absolute Gasteiger partial charge is 0.450 e. The fourth-order valence-corrected chi connectivity index (χ4v) is 1.71. The zero-order valence-corrected chi connectivity index (χ0v) is 12.6. The molecule has 1 heterocycles. The van der Waals surface area contributed by atoms with Crippen LogP contribution in [0.3, 0.4) is 0 Å². The van der Waals surface area contributed by atoms with Crippen LogP contribution in [-0.4, -0.2) is 25.2 Å². The second kappa shape index (κ2) is 7.15. The quantitative estimate of drug-likeness (QED) is 0.594. The molecule has 0 radical (unpaired) electrons. The van der Waals surface area contributed by atoms with Gasteiger partial charge in [0.05, 0.1) is 13.2 Å². The van der Waals surface area contributed by atoms with Crippen LogP contribution in [-0.2, 0) is 21.8 Å². The molecule has 0 bridgehead atoms. The van der Waals surface area contributed by atoms with Gasteiger partial charge in [-0.3, -0.25) is 4.79 Å². The van der Waals surface area contributed by atoms with Crippen molar-refractivity contribution in [3.05, 3.63) is 32.9 Å². The van der Waals surface area contributed by atoms with Gasteiger partial charge >= 0.3 is 24.3 Å². The molecule has 0 fully saturated rings. The van der Waals surface area contributed by atoms with Crippen LogP contribution in [0.2, 0.25) is 0 Å². The Bertz CT molecular complexity index is 673. The monoisotopic (exact) mass is 376 g/mol. The first-order valence-electron chi connectivity index (χ1n) is 6.55. The van der Waals surface area contributed by atoms with Crippen molar-refractivity contribution in [1.82, 2.24) is 0 Å². The van der Waals surface area contributed by atoms with Crippen LogP contribution >= 0.6 is 0 Å². The number of carbonyl (C=O) groups excluding carboxylic acids is 2. The predicted octanol–water partition coefficient (Wildman–Crippen LogP) is 3.03. The van der Waals surface area contributed by atoms with Gasteiger partial charge in [0.2, 0.25) is 16.9 Å². The standard InChI is InChI=1S/C13H10F6O6/c1-3-23-10(21)5-7(20)6(11(22)24-4-2)9(13(17,18)19)25-8(5)12(14,15)16/h3-4H2,1-2H3. The maximum atomic E-state index is 13.0. The van der Waals surface area contributed by atoms with Crippen molar-refractivity contribution in [2.75, 3.05) is 13.2 Å². The number of halogens is 6. The molecule has 140 valence electrons. The lowest BCUT2D eigenvalue weighted by molar-refractivity contribution is -0.175. The number of esters is 2. The molecule has 0 amide bonds. The minimum absolute atomic E-state index is 0.481. The molecule has 0 aliphatic rings. The molecule has 0 saturated carbocycles. The van der Waals surface area contributed by atoms with Crippen LogP contribution < -0.4 is 5.43 Å². The summed E-state index contributed by atoms with van der Waals surface area (Å²) < 4.78 is 89.9. The predicted molar refractivity (Wildman–Crippen MR) is 66.9 cm³/mol. The normalized spacial score (nSPS) is 12.0. The second-order valence-electron chi connectivity index (χ2n) is 4.28. The number of rotatable bonds is 4. The highest BCUT2D eigenvalue weighted by molar-refractivity contribution is 5.96. The highest BCUT2D eigenvalue weighted by Crippen LogP contribution is 2.38. The molecule has 0 aromatic carbocycles. The van der Waals surface area contributed by atoms with Gasteiger partial charge in [-0.25, -0.2) is 9.59 Å². The van der Waals surface area contributed by atoms with Crippen molar-refractivity contribution in [1.29, 1.82) is 0 Å². The van der Waals surface area contributed by atoms with E-state index in [0.29, 0.717) is 0 Å². The fraction of sp³-hybridized carbons (Fsp3) is 0.462. The molecule has 0 aliphatic carbocycles.